The normalized spacial score (nSPS) is 16.3. The van der Waals surface area contributed by atoms with Crippen LogP contribution in [0.1, 0.15) is 27.9 Å². The maximum absolute atomic E-state index is 12.6. The average molecular weight is 366 g/mol. The largest absolute Gasteiger partial charge is 0.465 e. The summed E-state index contributed by atoms with van der Waals surface area (Å²) in [6.45, 7) is 4.32. The molecule has 6 heteroatoms. The molecule has 0 radical (unpaired) electrons. The Morgan fingerprint density at radius 2 is 1.81 bits per heavy atom. The summed E-state index contributed by atoms with van der Waals surface area (Å²) in [6, 6.07) is 12.4. The van der Waals surface area contributed by atoms with Gasteiger partial charge in [0.05, 0.1) is 18.6 Å². The highest BCUT2D eigenvalue weighted by molar-refractivity contribution is 6.04. The van der Waals surface area contributed by atoms with Gasteiger partial charge in [-0.15, -0.1) is 0 Å². The third-order valence-corrected chi connectivity index (χ3v) is 4.71. The van der Waals surface area contributed by atoms with Crippen molar-refractivity contribution in [2.75, 3.05) is 23.9 Å². The lowest BCUT2D eigenvalue weighted by molar-refractivity contribution is -0.122. The van der Waals surface area contributed by atoms with Crippen LogP contribution in [-0.4, -0.2) is 31.4 Å². The minimum absolute atomic E-state index is 0.0526. The molecule has 3 rings (SSSR count). The molecule has 0 spiro atoms. The second kappa shape index (κ2) is 7.61. The number of carbonyl (C=O) groups excluding carboxylic acids is 3. The molecule has 0 aliphatic carbocycles. The number of hydrogen-bond acceptors (Lipinski definition) is 4. The number of nitrogens with one attached hydrogen (secondary N) is 1. The summed E-state index contributed by atoms with van der Waals surface area (Å²) in [4.78, 5) is 38.1. The van der Waals surface area contributed by atoms with E-state index in [0.717, 1.165) is 16.8 Å². The van der Waals surface area contributed by atoms with Crippen LogP contribution in [0, 0.1) is 19.8 Å². The predicted molar refractivity (Wildman–Crippen MR) is 103 cm³/mol. The molecule has 140 valence electrons. The number of nitrogens with zero attached hydrogens (tertiary/aromatic N) is 1. The number of esters is 1. The van der Waals surface area contributed by atoms with Crippen molar-refractivity contribution in [2.24, 2.45) is 5.92 Å². The summed E-state index contributed by atoms with van der Waals surface area (Å²) in [5.74, 6) is -1.11. The zero-order valence-electron chi connectivity index (χ0n) is 15.6. The lowest BCUT2D eigenvalue weighted by Gasteiger charge is -2.19. The van der Waals surface area contributed by atoms with Crippen molar-refractivity contribution >= 4 is 29.2 Å². The molecule has 1 heterocycles. The fourth-order valence-electron chi connectivity index (χ4n) is 3.28. The highest BCUT2D eigenvalue weighted by Gasteiger charge is 2.35. The van der Waals surface area contributed by atoms with E-state index in [9.17, 15) is 14.4 Å². The van der Waals surface area contributed by atoms with E-state index >= 15 is 0 Å². The summed E-state index contributed by atoms with van der Waals surface area (Å²) in [5.41, 5.74) is 3.98. The molecule has 0 aromatic heterocycles. The Balaban J connectivity index is 1.68. The Morgan fingerprint density at radius 3 is 2.44 bits per heavy atom. The number of methoxy groups -OCH3 is 1. The number of rotatable bonds is 4. The van der Waals surface area contributed by atoms with Gasteiger partial charge in [0.25, 0.3) is 0 Å². The quantitative estimate of drug-likeness (QED) is 0.844. The molecule has 1 aliphatic rings. The van der Waals surface area contributed by atoms with Gasteiger partial charge >= 0.3 is 5.97 Å². The lowest BCUT2D eigenvalue weighted by atomic mass is 10.1. The van der Waals surface area contributed by atoms with E-state index < -0.39 is 11.9 Å². The van der Waals surface area contributed by atoms with Crippen LogP contribution in [-0.2, 0) is 14.3 Å². The van der Waals surface area contributed by atoms with Gasteiger partial charge < -0.3 is 15.0 Å². The first-order chi connectivity index (χ1) is 12.9. The molecule has 2 aromatic rings. The van der Waals surface area contributed by atoms with Crippen molar-refractivity contribution in [1.29, 1.82) is 0 Å². The number of aryl methyl sites for hydroxylation is 2. The summed E-state index contributed by atoms with van der Waals surface area (Å²) in [5, 5.41) is 2.81. The fourth-order valence-corrected chi connectivity index (χ4v) is 3.28. The maximum Gasteiger partial charge on any atom is 0.337 e. The number of ether oxygens (including phenoxy) is 1. The summed E-state index contributed by atoms with van der Waals surface area (Å²) in [6.07, 6.45) is 0.180. The van der Waals surface area contributed by atoms with Crippen molar-refractivity contribution in [1.82, 2.24) is 0 Å². The number of benzene rings is 2. The third kappa shape index (κ3) is 4.00. The van der Waals surface area contributed by atoms with Crippen LogP contribution in [0.2, 0.25) is 0 Å². The average Bonchev–Trinajstić information content (AvgIpc) is 3.03. The second-order valence-electron chi connectivity index (χ2n) is 6.75. The predicted octanol–water partition coefficient (Wildman–Crippen LogP) is 3.08. The van der Waals surface area contributed by atoms with Gasteiger partial charge in [-0.05, 0) is 49.7 Å². The molecule has 6 nitrogen and oxygen atoms in total. The van der Waals surface area contributed by atoms with E-state index in [1.54, 1.807) is 29.2 Å². The van der Waals surface area contributed by atoms with E-state index in [0.29, 0.717) is 17.8 Å². The molecule has 0 unspecified atom stereocenters. The minimum atomic E-state index is -0.432. The Bertz CT molecular complexity index is 890. The Labute approximate surface area is 158 Å². The first kappa shape index (κ1) is 18.6. The van der Waals surface area contributed by atoms with Crippen LogP contribution in [0.15, 0.2) is 42.5 Å². The zero-order valence-corrected chi connectivity index (χ0v) is 15.6. The topological polar surface area (TPSA) is 75.7 Å². The second-order valence-corrected chi connectivity index (χ2v) is 6.75. The van der Waals surface area contributed by atoms with Gasteiger partial charge in [0.1, 0.15) is 0 Å². The minimum Gasteiger partial charge on any atom is -0.465 e. The number of carbonyl (C=O) groups is 3. The molecular formula is C21H22N2O4. The van der Waals surface area contributed by atoms with Crippen LogP contribution in [0.4, 0.5) is 11.4 Å². The molecule has 0 saturated carbocycles. The Morgan fingerprint density at radius 1 is 1.11 bits per heavy atom. The third-order valence-electron chi connectivity index (χ3n) is 4.71. The Hall–Kier alpha value is -3.15. The van der Waals surface area contributed by atoms with Crippen LogP contribution < -0.4 is 10.2 Å². The number of amides is 2. The van der Waals surface area contributed by atoms with Crippen molar-refractivity contribution in [3.8, 4) is 0 Å². The maximum atomic E-state index is 12.6. The molecule has 1 N–H and O–H groups in total. The summed E-state index contributed by atoms with van der Waals surface area (Å²) in [7, 11) is 1.32. The SMILES string of the molecule is COC(=O)c1ccc(NC(=O)[C@@H]2CC(=O)N(c3ccc(C)cc3C)C2)cc1. The van der Waals surface area contributed by atoms with E-state index in [4.69, 9.17) is 0 Å². The first-order valence-corrected chi connectivity index (χ1v) is 8.76. The molecule has 1 saturated heterocycles. The van der Waals surface area contributed by atoms with E-state index in [1.165, 1.54) is 7.11 Å². The smallest absolute Gasteiger partial charge is 0.337 e. The van der Waals surface area contributed by atoms with E-state index in [1.807, 2.05) is 32.0 Å². The highest BCUT2D eigenvalue weighted by Crippen LogP contribution is 2.29. The van der Waals surface area contributed by atoms with Crippen molar-refractivity contribution in [2.45, 2.75) is 20.3 Å². The van der Waals surface area contributed by atoms with Gasteiger partial charge in [0.2, 0.25) is 11.8 Å². The van der Waals surface area contributed by atoms with Gasteiger partial charge in [-0.3, -0.25) is 9.59 Å². The molecule has 1 fully saturated rings. The van der Waals surface area contributed by atoms with Gasteiger partial charge in [-0.2, -0.15) is 0 Å². The van der Waals surface area contributed by atoms with Crippen LogP contribution >= 0.6 is 0 Å². The molecule has 2 aromatic carbocycles. The zero-order chi connectivity index (χ0) is 19.6. The Kier molecular flexibility index (Phi) is 5.26. The standard InChI is InChI=1S/C21H22N2O4/c1-13-4-9-18(14(2)10-13)23-12-16(11-19(23)24)20(25)22-17-7-5-15(6-8-17)21(26)27-3/h4-10,16H,11-12H2,1-3H3,(H,22,25)/t16-/m1/s1. The van der Waals surface area contributed by atoms with E-state index in [2.05, 4.69) is 10.1 Å². The van der Waals surface area contributed by atoms with Gasteiger partial charge in [0.15, 0.2) is 0 Å². The molecule has 2 amide bonds. The van der Waals surface area contributed by atoms with Crippen LogP contribution in [0.3, 0.4) is 0 Å². The lowest BCUT2D eigenvalue weighted by Crippen LogP contribution is -2.28. The van der Waals surface area contributed by atoms with Gasteiger partial charge in [0, 0.05) is 24.3 Å². The first-order valence-electron chi connectivity index (χ1n) is 8.76. The summed E-state index contributed by atoms with van der Waals surface area (Å²) >= 11 is 0. The summed E-state index contributed by atoms with van der Waals surface area (Å²) < 4.78 is 4.65. The van der Waals surface area contributed by atoms with Crippen molar-refractivity contribution in [3.63, 3.8) is 0 Å². The van der Waals surface area contributed by atoms with Crippen molar-refractivity contribution < 1.29 is 19.1 Å². The monoisotopic (exact) mass is 366 g/mol. The molecule has 0 bridgehead atoms. The van der Waals surface area contributed by atoms with Crippen LogP contribution in [0.25, 0.3) is 0 Å². The molecule has 1 aliphatic heterocycles. The van der Waals surface area contributed by atoms with Crippen LogP contribution in [0.5, 0.6) is 0 Å². The van der Waals surface area contributed by atoms with Crippen molar-refractivity contribution in [3.05, 3.63) is 59.2 Å². The highest BCUT2D eigenvalue weighted by atomic mass is 16.5. The van der Waals surface area contributed by atoms with Gasteiger partial charge in [-0.1, -0.05) is 17.7 Å². The number of anilines is 2. The van der Waals surface area contributed by atoms with Gasteiger partial charge in [-0.25, -0.2) is 4.79 Å². The molecular weight excluding hydrogens is 344 g/mol. The fraction of sp³-hybridized carbons (Fsp3) is 0.286. The molecule has 27 heavy (non-hydrogen) atoms. The molecule has 1 atom stereocenters. The van der Waals surface area contributed by atoms with E-state index in [-0.39, 0.29) is 18.2 Å². The number of hydrogen-bond donors (Lipinski definition) is 1.